The highest BCUT2D eigenvalue weighted by Crippen LogP contribution is 2.19. The maximum atomic E-state index is 5.28. The third kappa shape index (κ3) is 1.98. The molecule has 18 heavy (non-hydrogen) atoms. The molecule has 0 saturated carbocycles. The molecule has 0 aliphatic carbocycles. The lowest BCUT2D eigenvalue weighted by Crippen LogP contribution is -1.96. The van der Waals surface area contributed by atoms with Gasteiger partial charge in [0.05, 0.1) is 12.5 Å². The third-order valence-corrected chi connectivity index (χ3v) is 2.45. The van der Waals surface area contributed by atoms with Crippen molar-refractivity contribution in [3.63, 3.8) is 0 Å². The molecule has 0 aliphatic heterocycles. The fourth-order valence-corrected chi connectivity index (χ4v) is 1.62. The summed E-state index contributed by atoms with van der Waals surface area (Å²) < 4.78 is 5.28. The van der Waals surface area contributed by atoms with E-state index in [2.05, 4.69) is 20.2 Å². The molecule has 5 nitrogen and oxygen atoms in total. The van der Waals surface area contributed by atoms with E-state index in [0.29, 0.717) is 23.0 Å². The number of rotatable bonds is 2. The van der Waals surface area contributed by atoms with Crippen LogP contribution < -0.4 is 0 Å². The summed E-state index contributed by atoms with van der Waals surface area (Å²) in [5, 5.41) is 7.93. The van der Waals surface area contributed by atoms with Gasteiger partial charge in [-0.05, 0) is 31.2 Å². The largest absolute Gasteiger partial charge is 0.463 e. The van der Waals surface area contributed by atoms with Gasteiger partial charge in [0, 0.05) is 5.69 Å². The van der Waals surface area contributed by atoms with Gasteiger partial charge in [-0.15, -0.1) is 5.10 Å². The summed E-state index contributed by atoms with van der Waals surface area (Å²) in [6.07, 6.45) is 3.17. The first-order valence-electron chi connectivity index (χ1n) is 5.50. The molecule has 0 saturated heterocycles. The van der Waals surface area contributed by atoms with E-state index in [1.807, 2.05) is 37.3 Å². The van der Waals surface area contributed by atoms with E-state index in [0.717, 1.165) is 5.69 Å². The molecule has 0 aromatic carbocycles. The van der Waals surface area contributed by atoms with Crippen molar-refractivity contribution in [1.29, 1.82) is 0 Å². The van der Waals surface area contributed by atoms with E-state index < -0.39 is 0 Å². The Labute approximate surface area is 104 Å². The molecule has 3 aromatic heterocycles. The van der Waals surface area contributed by atoms with Crippen LogP contribution in [0.4, 0.5) is 0 Å². The average molecular weight is 238 g/mol. The summed E-state index contributed by atoms with van der Waals surface area (Å²) in [4.78, 5) is 8.77. The zero-order valence-corrected chi connectivity index (χ0v) is 9.74. The quantitative estimate of drug-likeness (QED) is 0.686. The molecule has 3 aromatic rings. The second kappa shape index (κ2) is 4.37. The van der Waals surface area contributed by atoms with Crippen LogP contribution in [0.2, 0.25) is 0 Å². The minimum Gasteiger partial charge on any atom is -0.463 e. The van der Waals surface area contributed by atoms with E-state index in [4.69, 9.17) is 4.42 Å². The molecule has 0 amide bonds. The van der Waals surface area contributed by atoms with Gasteiger partial charge < -0.3 is 4.42 Å². The van der Waals surface area contributed by atoms with Crippen molar-refractivity contribution < 1.29 is 4.42 Å². The van der Waals surface area contributed by atoms with Crippen LogP contribution in [-0.4, -0.2) is 20.2 Å². The summed E-state index contributed by atoms with van der Waals surface area (Å²) in [6.45, 7) is 1.92. The van der Waals surface area contributed by atoms with E-state index in [1.54, 1.807) is 12.5 Å². The summed E-state index contributed by atoms with van der Waals surface area (Å²) >= 11 is 0. The Bertz CT molecular complexity index is 664. The first-order valence-corrected chi connectivity index (χ1v) is 5.50. The van der Waals surface area contributed by atoms with Crippen LogP contribution in [0, 0.1) is 6.92 Å². The van der Waals surface area contributed by atoms with Crippen LogP contribution in [0.5, 0.6) is 0 Å². The minimum absolute atomic E-state index is 0.493. The summed E-state index contributed by atoms with van der Waals surface area (Å²) in [5.41, 5.74) is 2.27. The number of pyridine rings is 1. The SMILES string of the molecule is Cc1cccc(-c2nncc(-c3ccco3)n2)n1. The molecule has 88 valence electrons. The zero-order chi connectivity index (χ0) is 12.4. The predicted molar refractivity (Wildman–Crippen MR) is 65.5 cm³/mol. The van der Waals surface area contributed by atoms with E-state index in [-0.39, 0.29) is 0 Å². The number of hydrogen-bond donors (Lipinski definition) is 0. The van der Waals surface area contributed by atoms with Crippen molar-refractivity contribution in [3.05, 3.63) is 48.5 Å². The van der Waals surface area contributed by atoms with E-state index >= 15 is 0 Å². The Morgan fingerprint density at radius 1 is 1.00 bits per heavy atom. The molecule has 0 N–H and O–H groups in total. The lowest BCUT2D eigenvalue weighted by atomic mass is 10.3. The number of aryl methyl sites for hydroxylation is 1. The number of hydrogen-bond acceptors (Lipinski definition) is 5. The van der Waals surface area contributed by atoms with Crippen LogP contribution in [0.25, 0.3) is 23.0 Å². The van der Waals surface area contributed by atoms with Crippen LogP contribution >= 0.6 is 0 Å². The Hall–Kier alpha value is -2.56. The van der Waals surface area contributed by atoms with Gasteiger partial charge >= 0.3 is 0 Å². The Balaban J connectivity index is 2.06. The normalized spacial score (nSPS) is 10.5. The summed E-state index contributed by atoms with van der Waals surface area (Å²) in [7, 11) is 0. The molecule has 0 bridgehead atoms. The van der Waals surface area contributed by atoms with Crippen molar-refractivity contribution in [3.8, 4) is 23.0 Å². The summed E-state index contributed by atoms with van der Waals surface area (Å²) in [6, 6.07) is 9.34. The van der Waals surface area contributed by atoms with E-state index in [9.17, 15) is 0 Å². The van der Waals surface area contributed by atoms with Crippen LogP contribution in [0.1, 0.15) is 5.69 Å². The maximum Gasteiger partial charge on any atom is 0.201 e. The monoisotopic (exact) mass is 238 g/mol. The van der Waals surface area contributed by atoms with E-state index in [1.165, 1.54) is 0 Å². The number of nitrogens with zero attached hydrogens (tertiary/aromatic N) is 4. The lowest BCUT2D eigenvalue weighted by molar-refractivity contribution is 0.579. The first kappa shape index (κ1) is 10.6. The van der Waals surface area contributed by atoms with Gasteiger partial charge in [-0.2, -0.15) is 5.10 Å². The van der Waals surface area contributed by atoms with Crippen LogP contribution in [0.3, 0.4) is 0 Å². The molecular formula is C13H10N4O. The second-order valence-corrected chi connectivity index (χ2v) is 3.81. The Morgan fingerprint density at radius 2 is 1.94 bits per heavy atom. The highest BCUT2D eigenvalue weighted by molar-refractivity contribution is 5.55. The molecule has 0 fully saturated rings. The number of aromatic nitrogens is 4. The zero-order valence-electron chi connectivity index (χ0n) is 9.74. The maximum absolute atomic E-state index is 5.28. The highest BCUT2D eigenvalue weighted by atomic mass is 16.3. The third-order valence-electron chi connectivity index (χ3n) is 2.45. The standard InChI is InChI=1S/C13H10N4O/c1-9-4-2-5-10(15-9)13-16-11(8-14-17-13)12-6-3-7-18-12/h2-8H,1H3. The molecule has 0 radical (unpaired) electrons. The van der Waals surface area contributed by atoms with Gasteiger partial charge in [0.15, 0.2) is 5.76 Å². The lowest BCUT2D eigenvalue weighted by Gasteiger charge is -2.01. The minimum atomic E-state index is 0.493. The molecule has 5 heteroatoms. The fraction of sp³-hybridized carbons (Fsp3) is 0.0769. The van der Waals surface area contributed by atoms with Crippen molar-refractivity contribution in [2.75, 3.05) is 0 Å². The van der Waals surface area contributed by atoms with Crippen molar-refractivity contribution >= 4 is 0 Å². The molecular weight excluding hydrogens is 228 g/mol. The summed E-state index contributed by atoms with van der Waals surface area (Å²) in [5.74, 6) is 1.16. The topological polar surface area (TPSA) is 64.7 Å². The highest BCUT2D eigenvalue weighted by Gasteiger charge is 2.08. The predicted octanol–water partition coefficient (Wildman–Crippen LogP) is 2.50. The molecule has 0 spiro atoms. The van der Waals surface area contributed by atoms with Gasteiger partial charge in [0.2, 0.25) is 5.82 Å². The average Bonchev–Trinajstić information content (AvgIpc) is 2.93. The first-order chi connectivity index (χ1) is 8.83. The molecule has 3 heterocycles. The van der Waals surface area contributed by atoms with Gasteiger partial charge in [-0.25, -0.2) is 9.97 Å². The fourth-order valence-electron chi connectivity index (χ4n) is 1.62. The van der Waals surface area contributed by atoms with Gasteiger partial charge in [0.25, 0.3) is 0 Å². The van der Waals surface area contributed by atoms with Crippen LogP contribution in [-0.2, 0) is 0 Å². The smallest absolute Gasteiger partial charge is 0.201 e. The Kier molecular flexibility index (Phi) is 2.57. The van der Waals surface area contributed by atoms with Gasteiger partial charge in [0.1, 0.15) is 11.4 Å². The molecule has 0 aliphatic rings. The van der Waals surface area contributed by atoms with Crippen LogP contribution in [0.15, 0.2) is 47.2 Å². The molecule has 0 atom stereocenters. The van der Waals surface area contributed by atoms with Crippen molar-refractivity contribution in [1.82, 2.24) is 20.2 Å². The van der Waals surface area contributed by atoms with Crippen molar-refractivity contribution in [2.45, 2.75) is 6.92 Å². The molecule has 0 unspecified atom stereocenters. The second-order valence-electron chi connectivity index (χ2n) is 3.81. The van der Waals surface area contributed by atoms with Crippen molar-refractivity contribution in [2.24, 2.45) is 0 Å². The number of furan rings is 1. The molecule has 3 rings (SSSR count). The Morgan fingerprint density at radius 3 is 2.72 bits per heavy atom. The van der Waals surface area contributed by atoms with Gasteiger partial charge in [-0.3, -0.25) is 0 Å². The van der Waals surface area contributed by atoms with Gasteiger partial charge in [-0.1, -0.05) is 6.07 Å².